The first-order valence-corrected chi connectivity index (χ1v) is 16.3. The molecule has 10 aromatic rings. The molecule has 0 atom stereocenters. The van der Waals surface area contributed by atoms with Gasteiger partial charge in [0.2, 0.25) is 0 Å². The van der Waals surface area contributed by atoms with Crippen LogP contribution in [0.1, 0.15) is 0 Å². The molecule has 11 rings (SSSR count). The fraction of sp³-hybridized carbons (Fsp3) is 0. The van der Waals surface area contributed by atoms with Crippen LogP contribution in [0.2, 0.25) is 0 Å². The van der Waals surface area contributed by atoms with E-state index in [1.807, 2.05) is 12.3 Å². The van der Waals surface area contributed by atoms with Crippen molar-refractivity contribution < 1.29 is 0 Å². The van der Waals surface area contributed by atoms with Crippen molar-refractivity contribution in [1.82, 2.24) is 19.1 Å². The number of pyridine rings is 2. The summed E-state index contributed by atoms with van der Waals surface area (Å²) < 4.78 is 4.69. The molecule has 48 heavy (non-hydrogen) atoms. The zero-order valence-electron chi connectivity index (χ0n) is 25.8. The lowest BCUT2D eigenvalue weighted by atomic mass is 10.0. The van der Waals surface area contributed by atoms with Gasteiger partial charge in [0.05, 0.1) is 33.3 Å². The Kier molecular flexibility index (Phi) is 5.08. The van der Waals surface area contributed by atoms with Crippen LogP contribution >= 0.6 is 0 Å². The predicted octanol–water partition coefficient (Wildman–Crippen LogP) is 11.1. The molecule has 0 N–H and O–H groups in total. The summed E-state index contributed by atoms with van der Waals surface area (Å²) in [5.41, 5.74) is 13.8. The molecular weight excluding hydrogens is 585 g/mol. The Morgan fingerprint density at radius 2 is 1.04 bits per heavy atom. The molecule has 4 heterocycles. The molecule has 0 spiro atoms. The van der Waals surface area contributed by atoms with Crippen LogP contribution in [0.25, 0.3) is 99.5 Å². The molecule has 0 unspecified atom stereocenters. The quantitative estimate of drug-likeness (QED) is 0.199. The first-order valence-electron chi connectivity index (χ1n) is 16.3. The van der Waals surface area contributed by atoms with Gasteiger partial charge in [0.1, 0.15) is 5.82 Å². The molecule has 4 heteroatoms. The molecule has 0 saturated carbocycles. The fourth-order valence-corrected chi connectivity index (χ4v) is 8.04. The molecule has 0 radical (unpaired) electrons. The molecule has 0 saturated heterocycles. The predicted molar refractivity (Wildman–Crippen MR) is 198 cm³/mol. The maximum absolute atomic E-state index is 5.27. The van der Waals surface area contributed by atoms with Gasteiger partial charge in [-0.25, -0.2) is 4.98 Å². The standard InChI is InChI=1S/C44H26N4/c1-2-10-29(11-3-1)47-38-17-6-4-12-30(38)34-24-27(19-21-40(34)47)28-20-22-41-35(25-28)31-13-5-7-18-39(31)48(41)42-26-36-32-15-9-23-45-44(32)33-14-8-16-37(46-42)43(33)36/h1-26H. The van der Waals surface area contributed by atoms with E-state index < -0.39 is 0 Å². The first kappa shape index (κ1) is 25.6. The summed E-state index contributed by atoms with van der Waals surface area (Å²) >= 11 is 0. The largest absolute Gasteiger partial charge is 0.309 e. The van der Waals surface area contributed by atoms with Crippen molar-refractivity contribution in [2.75, 3.05) is 0 Å². The van der Waals surface area contributed by atoms with E-state index in [-0.39, 0.29) is 0 Å². The van der Waals surface area contributed by atoms with Crippen molar-refractivity contribution in [3.05, 3.63) is 158 Å². The van der Waals surface area contributed by atoms with Crippen molar-refractivity contribution in [2.45, 2.75) is 0 Å². The fourth-order valence-electron chi connectivity index (χ4n) is 8.04. The van der Waals surface area contributed by atoms with Crippen molar-refractivity contribution in [2.24, 2.45) is 0 Å². The Bertz CT molecular complexity index is 2950. The first-order chi connectivity index (χ1) is 23.8. The number of rotatable bonds is 3. The van der Waals surface area contributed by atoms with E-state index in [0.29, 0.717) is 0 Å². The number of hydrogen-bond donors (Lipinski definition) is 0. The Labute approximate surface area is 275 Å². The van der Waals surface area contributed by atoms with Gasteiger partial charge in [-0.1, -0.05) is 84.9 Å². The smallest absolute Gasteiger partial charge is 0.138 e. The van der Waals surface area contributed by atoms with Crippen molar-refractivity contribution in [3.8, 4) is 45.0 Å². The van der Waals surface area contributed by atoms with E-state index >= 15 is 0 Å². The van der Waals surface area contributed by atoms with Gasteiger partial charge < -0.3 is 4.57 Å². The maximum atomic E-state index is 5.27. The second-order valence-electron chi connectivity index (χ2n) is 12.6. The SMILES string of the molecule is c1ccc(-n2c3ccccc3c3cc(-c4ccc5c(c4)c4ccccc4n5-c4cc5c6c(cccc6n4)-c4ncccc4-5)ccc32)cc1. The summed E-state index contributed by atoms with van der Waals surface area (Å²) in [4.78, 5) is 10.0. The third kappa shape index (κ3) is 3.43. The van der Waals surface area contributed by atoms with Gasteiger partial charge in [0.15, 0.2) is 0 Å². The third-order valence-electron chi connectivity index (χ3n) is 10.1. The lowest BCUT2D eigenvalue weighted by Gasteiger charge is -2.11. The Hall–Kier alpha value is -6.52. The minimum Gasteiger partial charge on any atom is -0.309 e. The molecule has 0 amide bonds. The van der Waals surface area contributed by atoms with Gasteiger partial charge in [-0.2, -0.15) is 0 Å². The molecule has 0 bridgehead atoms. The lowest BCUT2D eigenvalue weighted by molar-refractivity contribution is 1.10. The number of fused-ring (bicyclic) bond motifs is 9. The minimum atomic E-state index is 0.917. The number of hydrogen-bond acceptors (Lipinski definition) is 2. The minimum absolute atomic E-state index is 0.917. The van der Waals surface area contributed by atoms with Crippen LogP contribution in [-0.2, 0) is 0 Å². The van der Waals surface area contributed by atoms with E-state index in [2.05, 4.69) is 155 Å². The monoisotopic (exact) mass is 610 g/mol. The van der Waals surface area contributed by atoms with Crippen molar-refractivity contribution >= 4 is 54.5 Å². The van der Waals surface area contributed by atoms with Crippen molar-refractivity contribution in [3.63, 3.8) is 0 Å². The van der Waals surface area contributed by atoms with Crippen LogP contribution in [0, 0.1) is 0 Å². The van der Waals surface area contributed by atoms with Crippen LogP contribution < -0.4 is 0 Å². The summed E-state index contributed by atoms with van der Waals surface area (Å²) in [5.74, 6) is 0.917. The summed E-state index contributed by atoms with van der Waals surface area (Å²) in [6, 6.07) is 54.6. The molecule has 4 nitrogen and oxygen atoms in total. The molecule has 6 aromatic carbocycles. The van der Waals surface area contributed by atoms with Gasteiger partial charge in [-0.3, -0.25) is 9.55 Å². The Morgan fingerprint density at radius 1 is 0.417 bits per heavy atom. The van der Waals surface area contributed by atoms with Gasteiger partial charge in [0, 0.05) is 49.9 Å². The second kappa shape index (κ2) is 9.50. The Morgan fingerprint density at radius 3 is 1.79 bits per heavy atom. The van der Waals surface area contributed by atoms with Crippen LogP contribution in [0.4, 0.5) is 0 Å². The number of aromatic nitrogens is 4. The maximum Gasteiger partial charge on any atom is 0.138 e. The second-order valence-corrected chi connectivity index (χ2v) is 12.6. The highest BCUT2D eigenvalue weighted by Gasteiger charge is 2.25. The van der Waals surface area contributed by atoms with Gasteiger partial charge >= 0.3 is 0 Å². The molecule has 1 aliphatic rings. The zero-order valence-corrected chi connectivity index (χ0v) is 25.8. The third-order valence-corrected chi connectivity index (χ3v) is 10.1. The molecule has 4 aromatic heterocycles. The highest BCUT2D eigenvalue weighted by molar-refractivity contribution is 6.15. The molecule has 0 aliphatic heterocycles. The summed E-state index contributed by atoms with van der Waals surface area (Å²) in [7, 11) is 0. The molecular formula is C44H26N4. The molecule has 1 aliphatic carbocycles. The van der Waals surface area contributed by atoms with E-state index in [0.717, 1.165) is 33.6 Å². The van der Waals surface area contributed by atoms with Crippen molar-refractivity contribution in [1.29, 1.82) is 0 Å². The average Bonchev–Trinajstić information content (AvgIpc) is 3.78. The molecule has 0 fully saturated rings. The van der Waals surface area contributed by atoms with Crippen LogP contribution in [0.15, 0.2) is 158 Å². The van der Waals surface area contributed by atoms with Crippen LogP contribution in [-0.4, -0.2) is 19.1 Å². The lowest BCUT2D eigenvalue weighted by Crippen LogP contribution is -1.98. The highest BCUT2D eigenvalue weighted by atomic mass is 15.1. The summed E-state index contributed by atoms with van der Waals surface area (Å²) in [6.07, 6.45) is 1.88. The summed E-state index contributed by atoms with van der Waals surface area (Å²) in [6.45, 7) is 0. The number of nitrogens with zero attached hydrogens (tertiary/aromatic N) is 4. The van der Waals surface area contributed by atoms with Gasteiger partial charge in [-0.15, -0.1) is 0 Å². The van der Waals surface area contributed by atoms with Crippen LogP contribution in [0.5, 0.6) is 0 Å². The zero-order chi connectivity index (χ0) is 31.3. The normalized spacial score (nSPS) is 12.2. The number of para-hydroxylation sites is 3. The number of benzene rings is 6. The summed E-state index contributed by atoms with van der Waals surface area (Å²) in [5, 5.41) is 6.12. The van der Waals surface area contributed by atoms with E-state index in [4.69, 9.17) is 9.97 Å². The average molecular weight is 611 g/mol. The van der Waals surface area contributed by atoms with Crippen LogP contribution in [0.3, 0.4) is 0 Å². The van der Waals surface area contributed by atoms with E-state index in [1.165, 1.54) is 65.9 Å². The highest BCUT2D eigenvalue weighted by Crippen LogP contribution is 2.47. The molecule has 222 valence electrons. The topological polar surface area (TPSA) is 35.6 Å². The van der Waals surface area contributed by atoms with Gasteiger partial charge in [0.25, 0.3) is 0 Å². The van der Waals surface area contributed by atoms with E-state index in [1.54, 1.807) is 0 Å². The van der Waals surface area contributed by atoms with Gasteiger partial charge in [-0.05, 0) is 83.4 Å². The van der Waals surface area contributed by atoms with E-state index in [9.17, 15) is 0 Å². The Balaban J connectivity index is 1.12.